The highest BCUT2D eigenvalue weighted by atomic mass is 19.1. The first-order chi connectivity index (χ1) is 10.9. The second-order valence-corrected chi connectivity index (χ2v) is 6.38. The Morgan fingerprint density at radius 3 is 2.87 bits per heavy atom. The smallest absolute Gasteiger partial charge is 0.310 e. The number of nitrogens with zero attached hydrogens (tertiary/aromatic N) is 3. The van der Waals surface area contributed by atoms with Gasteiger partial charge in [0.1, 0.15) is 5.69 Å². The van der Waals surface area contributed by atoms with Gasteiger partial charge in [0.25, 0.3) is 0 Å². The van der Waals surface area contributed by atoms with Crippen LogP contribution < -0.4 is 5.73 Å². The number of halogens is 1. The minimum absolute atomic E-state index is 0.0387. The molecule has 1 saturated heterocycles. The number of aliphatic hydroxyl groups is 1. The first kappa shape index (κ1) is 17.7. The molecule has 7 heteroatoms. The van der Waals surface area contributed by atoms with Crippen LogP contribution in [0.4, 0.5) is 15.9 Å². The van der Waals surface area contributed by atoms with Crippen LogP contribution in [0.2, 0.25) is 0 Å². The average molecular weight is 324 g/mol. The second-order valence-electron chi connectivity index (χ2n) is 6.38. The van der Waals surface area contributed by atoms with Gasteiger partial charge in [-0.05, 0) is 45.4 Å². The van der Waals surface area contributed by atoms with Crippen LogP contribution in [-0.4, -0.2) is 39.6 Å². The minimum Gasteiger partial charge on any atom is -0.393 e. The van der Waals surface area contributed by atoms with E-state index >= 15 is 0 Å². The fourth-order valence-electron chi connectivity index (χ4n) is 2.83. The molecule has 0 bridgehead atoms. The molecule has 3 atom stereocenters. The van der Waals surface area contributed by atoms with E-state index in [2.05, 4.69) is 21.9 Å². The molecule has 0 saturated carbocycles. The van der Waals surface area contributed by atoms with Crippen LogP contribution >= 0.6 is 0 Å². The third-order valence-electron chi connectivity index (χ3n) is 4.34. The lowest BCUT2D eigenvalue weighted by Gasteiger charge is -2.23. The predicted octanol–water partition coefficient (Wildman–Crippen LogP) is 2.55. The third-order valence-corrected chi connectivity index (χ3v) is 4.34. The van der Waals surface area contributed by atoms with E-state index in [1.165, 1.54) is 0 Å². The van der Waals surface area contributed by atoms with Crippen molar-refractivity contribution in [3.8, 4) is 0 Å². The SMILES string of the molecule is CCC(C=Nc1c(C)nc(F)nc1N)C[C@H]1CC[C@@](C)(CO)O1. The molecular formula is C16H25FN4O2. The van der Waals surface area contributed by atoms with Crippen LogP contribution in [0.1, 0.15) is 45.2 Å². The number of nitrogen functional groups attached to an aromatic ring is 1. The van der Waals surface area contributed by atoms with Gasteiger partial charge in [-0.2, -0.15) is 9.37 Å². The van der Waals surface area contributed by atoms with E-state index in [0.29, 0.717) is 11.4 Å². The van der Waals surface area contributed by atoms with Gasteiger partial charge < -0.3 is 15.6 Å². The molecule has 2 heterocycles. The molecular weight excluding hydrogens is 299 g/mol. The van der Waals surface area contributed by atoms with Crippen LogP contribution in [-0.2, 0) is 4.74 Å². The summed E-state index contributed by atoms with van der Waals surface area (Å²) in [5.41, 5.74) is 6.12. The Bertz CT molecular complexity index is 558. The lowest BCUT2D eigenvalue weighted by Crippen LogP contribution is -2.30. The highest BCUT2D eigenvalue weighted by Gasteiger charge is 2.35. The molecule has 3 N–H and O–H groups in total. The summed E-state index contributed by atoms with van der Waals surface area (Å²) < 4.78 is 19.0. The van der Waals surface area contributed by atoms with Crippen molar-refractivity contribution in [1.29, 1.82) is 0 Å². The van der Waals surface area contributed by atoms with Crippen molar-refractivity contribution in [2.45, 2.75) is 58.2 Å². The molecule has 1 aromatic rings. The fourth-order valence-corrected chi connectivity index (χ4v) is 2.83. The maximum atomic E-state index is 13.1. The van der Waals surface area contributed by atoms with E-state index in [0.717, 1.165) is 25.7 Å². The number of aliphatic imine (C=N–C) groups is 1. The number of aromatic nitrogens is 2. The summed E-state index contributed by atoms with van der Waals surface area (Å²) >= 11 is 0. The Labute approximate surface area is 136 Å². The van der Waals surface area contributed by atoms with Crippen LogP contribution in [0, 0.1) is 18.9 Å². The summed E-state index contributed by atoms with van der Waals surface area (Å²) in [5.74, 6) is 0.260. The zero-order valence-corrected chi connectivity index (χ0v) is 13.9. The van der Waals surface area contributed by atoms with Crippen LogP contribution in [0.25, 0.3) is 0 Å². The Hall–Kier alpha value is -1.60. The van der Waals surface area contributed by atoms with Gasteiger partial charge in [0.15, 0.2) is 5.82 Å². The van der Waals surface area contributed by atoms with Gasteiger partial charge in [-0.25, -0.2) is 4.98 Å². The number of anilines is 1. The van der Waals surface area contributed by atoms with Crippen LogP contribution in [0.5, 0.6) is 0 Å². The maximum absolute atomic E-state index is 13.1. The zero-order chi connectivity index (χ0) is 17.0. The monoisotopic (exact) mass is 324 g/mol. The number of ether oxygens (including phenoxy) is 1. The largest absolute Gasteiger partial charge is 0.393 e. The van der Waals surface area contributed by atoms with Gasteiger partial charge >= 0.3 is 6.08 Å². The van der Waals surface area contributed by atoms with Gasteiger partial charge in [0.2, 0.25) is 0 Å². The molecule has 0 spiro atoms. The van der Waals surface area contributed by atoms with Gasteiger partial charge in [-0.15, -0.1) is 0 Å². The topological polar surface area (TPSA) is 93.6 Å². The van der Waals surface area contributed by atoms with Crippen molar-refractivity contribution in [2.24, 2.45) is 10.9 Å². The Morgan fingerprint density at radius 1 is 1.57 bits per heavy atom. The number of rotatable bonds is 6. The van der Waals surface area contributed by atoms with E-state index in [9.17, 15) is 9.50 Å². The standard InChI is InChI=1S/C16H25FN4O2/c1-4-11(7-12-5-6-16(3,9-22)23-12)8-19-13-10(2)20-15(17)21-14(13)18/h8,11-12,22H,4-7,9H2,1-3H3,(H2,18,20,21)/t11?,12-,16+/m1/s1. The van der Waals surface area contributed by atoms with Gasteiger partial charge in [0.05, 0.1) is 24.0 Å². The third kappa shape index (κ3) is 4.45. The van der Waals surface area contributed by atoms with Crippen molar-refractivity contribution in [3.05, 3.63) is 11.8 Å². The van der Waals surface area contributed by atoms with Gasteiger partial charge in [0, 0.05) is 6.21 Å². The molecule has 1 aromatic heterocycles. The van der Waals surface area contributed by atoms with Crippen molar-refractivity contribution in [2.75, 3.05) is 12.3 Å². The van der Waals surface area contributed by atoms with E-state index < -0.39 is 11.7 Å². The van der Waals surface area contributed by atoms with Crippen LogP contribution in [0.15, 0.2) is 4.99 Å². The molecule has 128 valence electrons. The number of nitrogens with two attached hydrogens (primary N) is 1. The normalized spacial score (nSPS) is 26.0. The highest BCUT2D eigenvalue weighted by molar-refractivity contribution is 5.71. The number of hydrogen-bond acceptors (Lipinski definition) is 6. The molecule has 1 aliphatic rings. The van der Waals surface area contributed by atoms with Crippen molar-refractivity contribution in [1.82, 2.24) is 9.97 Å². The molecule has 0 aromatic carbocycles. The summed E-state index contributed by atoms with van der Waals surface area (Å²) in [6.45, 7) is 5.70. The average Bonchev–Trinajstić information content (AvgIpc) is 2.87. The molecule has 1 unspecified atom stereocenters. The minimum atomic E-state index is -0.839. The first-order valence-electron chi connectivity index (χ1n) is 7.99. The summed E-state index contributed by atoms with van der Waals surface area (Å²) in [6.07, 6.45) is 4.62. The number of aliphatic hydroxyl groups excluding tert-OH is 1. The lowest BCUT2D eigenvalue weighted by molar-refractivity contribution is -0.0646. The molecule has 0 amide bonds. The van der Waals surface area contributed by atoms with E-state index in [-0.39, 0.29) is 24.4 Å². The van der Waals surface area contributed by atoms with Gasteiger partial charge in [-0.3, -0.25) is 4.99 Å². The van der Waals surface area contributed by atoms with E-state index in [1.54, 1.807) is 6.92 Å². The van der Waals surface area contributed by atoms with Crippen molar-refractivity contribution >= 4 is 17.7 Å². The molecule has 1 fully saturated rings. The summed E-state index contributed by atoms with van der Waals surface area (Å²) in [6, 6.07) is 0. The maximum Gasteiger partial charge on any atom is 0.310 e. The molecule has 2 rings (SSSR count). The number of hydrogen-bond donors (Lipinski definition) is 2. The van der Waals surface area contributed by atoms with Gasteiger partial charge in [-0.1, -0.05) is 6.92 Å². The van der Waals surface area contributed by atoms with Crippen LogP contribution in [0.3, 0.4) is 0 Å². The second kappa shape index (κ2) is 7.31. The Morgan fingerprint density at radius 2 is 2.30 bits per heavy atom. The molecule has 6 nitrogen and oxygen atoms in total. The van der Waals surface area contributed by atoms with Crippen molar-refractivity contribution in [3.63, 3.8) is 0 Å². The zero-order valence-electron chi connectivity index (χ0n) is 13.9. The lowest BCUT2D eigenvalue weighted by atomic mass is 9.97. The number of aryl methyl sites for hydroxylation is 1. The Balaban J connectivity index is 2.03. The Kier molecular flexibility index (Phi) is 5.64. The fraction of sp³-hybridized carbons (Fsp3) is 0.688. The summed E-state index contributed by atoms with van der Waals surface area (Å²) in [4.78, 5) is 11.5. The van der Waals surface area contributed by atoms with E-state index in [4.69, 9.17) is 10.5 Å². The molecule has 1 aliphatic heterocycles. The predicted molar refractivity (Wildman–Crippen MR) is 87.3 cm³/mol. The summed E-state index contributed by atoms with van der Waals surface area (Å²) in [5, 5.41) is 9.36. The summed E-state index contributed by atoms with van der Waals surface area (Å²) in [7, 11) is 0. The van der Waals surface area contributed by atoms with Crippen molar-refractivity contribution < 1.29 is 14.2 Å². The molecule has 0 aliphatic carbocycles. The van der Waals surface area contributed by atoms with E-state index in [1.807, 2.05) is 13.1 Å². The first-order valence-corrected chi connectivity index (χ1v) is 7.99. The highest BCUT2D eigenvalue weighted by Crippen LogP contribution is 2.33. The molecule has 23 heavy (non-hydrogen) atoms. The quantitative estimate of drug-likeness (QED) is 0.619. The molecule has 0 radical (unpaired) electrons.